The first kappa shape index (κ1) is 23.7. The van der Waals surface area contributed by atoms with Crippen molar-refractivity contribution in [2.24, 2.45) is 5.41 Å². The van der Waals surface area contributed by atoms with E-state index >= 15 is 0 Å². The Balaban J connectivity index is 2.13. The number of rotatable bonds is 5. The second kappa shape index (κ2) is 8.25. The van der Waals surface area contributed by atoms with E-state index in [2.05, 4.69) is 0 Å². The van der Waals surface area contributed by atoms with Crippen molar-refractivity contribution in [2.45, 2.75) is 94.7 Å². The minimum atomic E-state index is -1.65. The lowest BCUT2D eigenvalue weighted by Gasteiger charge is -2.55. The van der Waals surface area contributed by atoms with Gasteiger partial charge in [-0.2, -0.15) is 0 Å². The Hall–Kier alpha value is -0.620. The van der Waals surface area contributed by atoms with Crippen LogP contribution in [0.15, 0.2) is 12.2 Å². The highest BCUT2D eigenvalue weighted by atomic mass is 16.7. The first-order valence-corrected chi connectivity index (χ1v) is 9.54. The lowest BCUT2D eigenvalue weighted by Crippen LogP contribution is -2.65. The molecule has 2 fully saturated rings. The van der Waals surface area contributed by atoms with Crippen molar-refractivity contribution in [3.63, 3.8) is 0 Å². The Kier molecular flexibility index (Phi) is 6.97. The average molecular weight is 406 g/mol. The molecule has 2 aliphatic rings. The molecule has 2 rings (SSSR count). The van der Waals surface area contributed by atoms with E-state index < -0.39 is 66.1 Å². The smallest absolute Gasteiger partial charge is 0.187 e. The lowest BCUT2D eigenvalue weighted by molar-refractivity contribution is -0.306. The summed E-state index contributed by atoms with van der Waals surface area (Å²) >= 11 is 0. The van der Waals surface area contributed by atoms with Gasteiger partial charge in [0.15, 0.2) is 6.29 Å². The average Bonchev–Trinajstić information content (AvgIpc) is 2.57. The number of hydrogen-bond donors (Lipinski definition) is 7. The first-order chi connectivity index (χ1) is 12.8. The molecule has 9 heteroatoms. The van der Waals surface area contributed by atoms with Crippen LogP contribution in [0.25, 0.3) is 0 Å². The predicted octanol–water partition coefficient (Wildman–Crippen LogP) is -1.59. The molecule has 9 atom stereocenters. The molecule has 1 saturated carbocycles. The highest BCUT2D eigenvalue weighted by Gasteiger charge is 2.58. The molecular formula is C19H34O9. The van der Waals surface area contributed by atoms with Crippen LogP contribution in [0.5, 0.6) is 0 Å². The van der Waals surface area contributed by atoms with Gasteiger partial charge < -0.3 is 45.2 Å². The van der Waals surface area contributed by atoms with Gasteiger partial charge in [0.25, 0.3) is 0 Å². The molecule has 164 valence electrons. The number of hydrogen-bond acceptors (Lipinski definition) is 9. The van der Waals surface area contributed by atoms with Crippen molar-refractivity contribution in [1.29, 1.82) is 0 Å². The summed E-state index contributed by atoms with van der Waals surface area (Å²) in [6, 6.07) is 0. The number of aliphatic hydroxyl groups is 7. The van der Waals surface area contributed by atoms with Gasteiger partial charge in [-0.15, -0.1) is 0 Å². The van der Waals surface area contributed by atoms with Gasteiger partial charge in [-0.1, -0.05) is 26.0 Å². The molecule has 0 radical (unpaired) electrons. The Morgan fingerprint density at radius 3 is 2.18 bits per heavy atom. The fraction of sp³-hybridized carbons (Fsp3) is 0.895. The zero-order chi connectivity index (χ0) is 21.5. The third-order valence-electron chi connectivity index (χ3n) is 6.04. The molecule has 0 amide bonds. The molecule has 0 aromatic heterocycles. The van der Waals surface area contributed by atoms with Gasteiger partial charge >= 0.3 is 0 Å². The highest BCUT2D eigenvalue weighted by molar-refractivity contribution is 5.21. The fourth-order valence-corrected chi connectivity index (χ4v) is 4.28. The molecule has 1 aliphatic heterocycles. The van der Waals surface area contributed by atoms with Crippen molar-refractivity contribution >= 4 is 0 Å². The predicted molar refractivity (Wildman–Crippen MR) is 98.0 cm³/mol. The van der Waals surface area contributed by atoms with Crippen molar-refractivity contribution in [3.8, 4) is 0 Å². The summed E-state index contributed by atoms with van der Waals surface area (Å²) in [4.78, 5) is 0. The Morgan fingerprint density at radius 1 is 1.04 bits per heavy atom. The van der Waals surface area contributed by atoms with Gasteiger partial charge in [0.2, 0.25) is 0 Å². The van der Waals surface area contributed by atoms with E-state index in [-0.39, 0.29) is 6.42 Å². The molecule has 0 aromatic rings. The molecule has 0 unspecified atom stereocenters. The summed E-state index contributed by atoms with van der Waals surface area (Å²) in [5, 5.41) is 70.9. The highest BCUT2D eigenvalue weighted by Crippen LogP contribution is 2.50. The maximum atomic E-state index is 11.2. The summed E-state index contributed by atoms with van der Waals surface area (Å²) in [6.07, 6.45) is -5.14. The molecule has 0 aromatic carbocycles. The molecule has 1 aliphatic carbocycles. The molecule has 0 bridgehead atoms. The molecule has 0 spiro atoms. The molecule has 28 heavy (non-hydrogen) atoms. The third kappa shape index (κ3) is 4.28. The zero-order valence-corrected chi connectivity index (χ0v) is 16.8. The fourth-order valence-electron chi connectivity index (χ4n) is 4.28. The van der Waals surface area contributed by atoms with Crippen molar-refractivity contribution in [1.82, 2.24) is 0 Å². The van der Waals surface area contributed by atoms with Crippen molar-refractivity contribution in [3.05, 3.63) is 12.2 Å². The van der Waals surface area contributed by atoms with Crippen LogP contribution in [0, 0.1) is 5.41 Å². The van der Waals surface area contributed by atoms with E-state index in [1.54, 1.807) is 20.8 Å². The summed E-state index contributed by atoms with van der Waals surface area (Å²) in [6.45, 7) is 6.01. The van der Waals surface area contributed by atoms with Gasteiger partial charge in [0, 0.05) is 11.8 Å². The van der Waals surface area contributed by atoms with Gasteiger partial charge in [0.05, 0.1) is 24.4 Å². The third-order valence-corrected chi connectivity index (χ3v) is 6.04. The summed E-state index contributed by atoms with van der Waals surface area (Å²) in [5.41, 5.74) is -4.05. The van der Waals surface area contributed by atoms with Crippen LogP contribution in [-0.4, -0.2) is 96.5 Å². The van der Waals surface area contributed by atoms with Crippen molar-refractivity contribution < 1.29 is 45.2 Å². The molecular weight excluding hydrogens is 372 g/mol. The van der Waals surface area contributed by atoms with Crippen LogP contribution in [0.1, 0.15) is 40.5 Å². The minimum absolute atomic E-state index is 0.0131. The molecule has 9 nitrogen and oxygen atoms in total. The maximum absolute atomic E-state index is 11.2. The van der Waals surface area contributed by atoms with Gasteiger partial charge in [-0.3, -0.25) is 0 Å². The Labute approximate surface area is 164 Å². The lowest BCUT2D eigenvalue weighted by atomic mass is 9.57. The summed E-state index contributed by atoms with van der Waals surface area (Å²) < 4.78 is 10.9. The standard InChI is InChI=1S/C19H34O9/c1-10(27-16-15(24)14(23)13(22)12(9-20)28-16)5-6-19(26)17(2,3)7-11(21)8-18(19,4)25/h5-6,10-16,20-26H,7-9H2,1-4H3/t10-,11-,12+,13+,14-,15+,16+,18+,19+/m0/s1. The van der Waals surface area contributed by atoms with E-state index in [0.29, 0.717) is 6.42 Å². The van der Waals surface area contributed by atoms with Crippen LogP contribution < -0.4 is 0 Å². The number of ether oxygens (including phenoxy) is 2. The van der Waals surface area contributed by atoms with Gasteiger partial charge in [0.1, 0.15) is 30.0 Å². The van der Waals surface area contributed by atoms with E-state index in [4.69, 9.17) is 9.47 Å². The van der Waals surface area contributed by atoms with E-state index in [1.807, 2.05) is 0 Å². The van der Waals surface area contributed by atoms with Gasteiger partial charge in [-0.05, 0) is 20.3 Å². The quantitative estimate of drug-likeness (QED) is 0.267. The largest absolute Gasteiger partial charge is 0.394 e. The van der Waals surface area contributed by atoms with E-state index in [1.165, 1.54) is 19.1 Å². The second-order valence-electron chi connectivity index (χ2n) is 8.88. The van der Waals surface area contributed by atoms with Gasteiger partial charge in [-0.25, -0.2) is 0 Å². The minimum Gasteiger partial charge on any atom is -0.394 e. The maximum Gasteiger partial charge on any atom is 0.187 e. The summed E-state index contributed by atoms with van der Waals surface area (Å²) in [5.74, 6) is 0. The summed E-state index contributed by atoms with van der Waals surface area (Å²) in [7, 11) is 0. The van der Waals surface area contributed by atoms with Crippen LogP contribution in [0.4, 0.5) is 0 Å². The second-order valence-corrected chi connectivity index (χ2v) is 8.88. The molecule has 7 N–H and O–H groups in total. The van der Waals surface area contributed by atoms with Crippen LogP contribution >= 0.6 is 0 Å². The normalized spacial score (nSPS) is 48.0. The van der Waals surface area contributed by atoms with E-state index in [9.17, 15) is 35.7 Å². The SMILES string of the molecule is C[C@@H](C=C[C@@]1(O)C(C)(C)C[C@H](O)C[C@@]1(C)O)O[C@@H]1O[C@H](CO)[C@@H](O)[C@H](O)[C@H]1O. The molecule has 1 saturated heterocycles. The monoisotopic (exact) mass is 406 g/mol. The zero-order valence-electron chi connectivity index (χ0n) is 16.8. The van der Waals surface area contributed by atoms with Crippen LogP contribution in [0.3, 0.4) is 0 Å². The van der Waals surface area contributed by atoms with Crippen LogP contribution in [-0.2, 0) is 9.47 Å². The van der Waals surface area contributed by atoms with E-state index in [0.717, 1.165) is 0 Å². The first-order valence-electron chi connectivity index (χ1n) is 9.54. The Bertz CT molecular complexity index is 542. The number of aliphatic hydroxyl groups excluding tert-OH is 5. The molecule has 1 heterocycles. The van der Waals surface area contributed by atoms with Crippen LogP contribution in [0.2, 0.25) is 0 Å². The topological polar surface area (TPSA) is 160 Å². The Morgan fingerprint density at radius 2 is 1.64 bits per heavy atom. The van der Waals surface area contributed by atoms with Crippen molar-refractivity contribution in [2.75, 3.05) is 6.61 Å².